The van der Waals surface area contributed by atoms with E-state index in [1.807, 2.05) is 0 Å². The molecule has 12 heavy (non-hydrogen) atoms. The van der Waals surface area contributed by atoms with Crippen molar-refractivity contribution < 1.29 is 14.4 Å². The van der Waals surface area contributed by atoms with Crippen molar-refractivity contribution in [1.29, 1.82) is 0 Å². The molecule has 1 N–H and O–H groups in total. The lowest BCUT2D eigenvalue weighted by atomic mass is 9.88. The Hall–Kier alpha value is -0.900. The van der Waals surface area contributed by atoms with Gasteiger partial charge in [-0.2, -0.15) is 0 Å². The maximum atomic E-state index is 11.2. The summed E-state index contributed by atoms with van der Waals surface area (Å²) in [7, 11) is 1.41. The van der Waals surface area contributed by atoms with Crippen molar-refractivity contribution in [2.24, 2.45) is 5.92 Å². The minimum absolute atomic E-state index is 0.0392. The van der Waals surface area contributed by atoms with Gasteiger partial charge in [0.25, 0.3) is 0 Å². The predicted molar refractivity (Wildman–Crippen MR) is 42.1 cm³/mol. The topological polar surface area (TPSA) is 55.4 Å². The van der Waals surface area contributed by atoms with Gasteiger partial charge in [-0.15, -0.1) is 0 Å². The van der Waals surface area contributed by atoms with Crippen molar-refractivity contribution in [1.82, 2.24) is 5.48 Å². The Labute approximate surface area is 71.2 Å². The predicted octanol–water partition coefficient (Wildman–Crippen LogP) is 0.423. The van der Waals surface area contributed by atoms with Crippen LogP contribution in [0.3, 0.4) is 0 Å². The average Bonchev–Trinajstić information content (AvgIpc) is 2.06. The highest BCUT2D eigenvalue weighted by Crippen LogP contribution is 2.21. The molecule has 4 heteroatoms. The van der Waals surface area contributed by atoms with Crippen LogP contribution >= 0.6 is 0 Å². The van der Waals surface area contributed by atoms with Crippen LogP contribution in [0.1, 0.15) is 25.7 Å². The lowest BCUT2D eigenvalue weighted by Gasteiger charge is -2.18. The van der Waals surface area contributed by atoms with E-state index in [4.69, 9.17) is 0 Å². The summed E-state index contributed by atoms with van der Waals surface area (Å²) >= 11 is 0. The van der Waals surface area contributed by atoms with E-state index in [1.54, 1.807) is 0 Å². The zero-order valence-corrected chi connectivity index (χ0v) is 7.13. The number of carbonyl (C=O) groups is 2. The van der Waals surface area contributed by atoms with Crippen LogP contribution in [0.5, 0.6) is 0 Å². The SMILES string of the molecule is CONC(=O)C1CCC(=O)CC1. The maximum absolute atomic E-state index is 11.2. The molecule has 1 saturated carbocycles. The Morgan fingerprint density at radius 1 is 1.50 bits per heavy atom. The summed E-state index contributed by atoms with van der Waals surface area (Å²) in [5.74, 6) is 0.115. The standard InChI is InChI=1S/C8H13NO3/c1-12-9-8(11)6-2-4-7(10)5-3-6/h6H,2-5H2,1H3,(H,9,11). The number of amides is 1. The summed E-state index contributed by atoms with van der Waals surface area (Å²) < 4.78 is 0. The lowest BCUT2D eigenvalue weighted by molar-refractivity contribution is -0.137. The fraction of sp³-hybridized carbons (Fsp3) is 0.750. The van der Waals surface area contributed by atoms with E-state index in [0.717, 1.165) is 0 Å². The number of Topliss-reactive ketones (excluding diaryl/α,β-unsaturated/α-hetero) is 1. The van der Waals surface area contributed by atoms with Crippen LogP contribution in [-0.2, 0) is 14.4 Å². The van der Waals surface area contributed by atoms with Gasteiger partial charge in [-0.1, -0.05) is 0 Å². The van der Waals surface area contributed by atoms with Crippen LogP contribution in [0.4, 0.5) is 0 Å². The summed E-state index contributed by atoms with van der Waals surface area (Å²) in [6.07, 6.45) is 2.38. The van der Waals surface area contributed by atoms with E-state index in [0.29, 0.717) is 25.7 Å². The summed E-state index contributed by atoms with van der Waals surface area (Å²) in [5.41, 5.74) is 2.28. The Bertz CT molecular complexity index is 181. The molecule has 4 nitrogen and oxygen atoms in total. The van der Waals surface area contributed by atoms with Gasteiger partial charge in [0.15, 0.2) is 0 Å². The lowest BCUT2D eigenvalue weighted by Crippen LogP contribution is -2.32. The Balaban J connectivity index is 2.33. The second-order valence-corrected chi connectivity index (χ2v) is 2.98. The van der Waals surface area contributed by atoms with Gasteiger partial charge in [-0.05, 0) is 12.8 Å². The van der Waals surface area contributed by atoms with Crippen molar-refractivity contribution >= 4 is 11.7 Å². The van der Waals surface area contributed by atoms with Gasteiger partial charge >= 0.3 is 0 Å². The zero-order valence-electron chi connectivity index (χ0n) is 7.13. The number of hydroxylamine groups is 1. The molecule has 0 aromatic rings. The van der Waals surface area contributed by atoms with Crippen molar-refractivity contribution in [2.75, 3.05) is 7.11 Å². The van der Waals surface area contributed by atoms with E-state index in [2.05, 4.69) is 10.3 Å². The summed E-state index contributed by atoms with van der Waals surface area (Å²) in [6, 6.07) is 0. The molecule has 0 atom stereocenters. The Kier molecular flexibility index (Phi) is 3.22. The molecule has 68 valence electrons. The smallest absolute Gasteiger partial charge is 0.246 e. The fourth-order valence-electron chi connectivity index (χ4n) is 1.39. The van der Waals surface area contributed by atoms with E-state index < -0.39 is 0 Å². The van der Waals surface area contributed by atoms with Gasteiger partial charge in [-0.25, -0.2) is 5.48 Å². The highest BCUT2D eigenvalue weighted by molar-refractivity contribution is 5.84. The first-order valence-electron chi connectivity index (χ1n) is 4.08. The molecular formula is C8H13NO3. The van der Waals surface area contributed by atoms with Gasteiger partial charge in [-0.3, -0.25) is 14.4 Å². The first-order chi connectivity index (χ1) is 5.74. The van der Waals surface area contributed by atoms with Gasteiger partial charge in [0.1, 0.15) is 5.78 Å². The number of ketones is 1. The normalized spacial score (nSPS) is 19.2. The van der Waals surface area contributed by atoms with E-state index >= 15 is 0 Å². The van der Waals surface area contributed by atoms with Crippen LogP contribution in [-0.4, -0.2) is 18.8 Å². The first-order valence-corrected chi connectivity index (χ1v) is 4.08. The molecule has 0 saturated heterocycles. The molecule has 0 bridgehead atoms. The molecule has 0 heterocycles. The second kappa shape index (κ2) is 4.21. The van der Waals surface area contributed by atoms with Crippen molar-refractivity contribution in [3.8, 4) is 0 Å². The van der Waals surface area contributed by atoms with Crippen LogP contribution in [0, 0.1) is 5.92 Å². The van der Waals surface area contributed by atoms with Crippen LogP contribution in [0.15, 0.2) is 0 Å². The molecule has 0 aromatic heterocycles. The second-order valence-electron chi connectivity index (χ2n) is 2.98. The van der Waals surface area contributed by atoms with Gasteiger partial charge in [0.05, 0.1) is 7.11 Å². The van der Waals surface area contributed by atoms with E-state index in [9.17, 15) is 9.59 Å². The highest BCUT2D eigenvalue weighted by atomic mass is 16.6. The van der Waals surface area contributed by atoms with E-state index in [1.165, 1.54) is 7.11 Å². The number of hydrogen-bond acceptors (Lipinski definition) is 3. The fourth-order valence-corrected chi connectivity index (χ4v) is 1.39. The number of carbonyl (C=O) groups excluding carboxylic acids is 2. The van der Waals surface area contributed by atoms with Crippen molar-refractivity contribution in [3.05, 3.63) is 0 Å². The average molecular weight is 171 g/mol. The third-order valence-corrected chi connectivity index (χ3v) is 2.12. The van der Waals surface area contributed by atoms with Gasteiger partial charge in [0, 0.05) is 18.8 Å². The maximum Gasteiger partial charge on any atom is 0.246 e. The highest BCUT2D eigenvalue weighted by Gasteiger charge is 2.24. The molecule has 1 amide bonds. The molecular weight excluding hydrogens is 158 g/mol. The largest absolute Gasteiger partial charge is 0.300 e. The molecule has 0 aromatic carbocycles. The first kappa shape index (κ1) is 9.19. The summed E-state index contributed by atoms with van der Waals surface area (Å²) in [6.45, 7) is 0. The van der Waals surface area contributed by atoms with Crippen molar-refractivity contribution in [2.45, 2.75) is 25.7 Å². The molecule has 0 spiro atoms. The quantitative estimate of drug-likeness (QED) is 0.613. The monoisotopic (exact) mass is 171 g/mol. The number of nitrogens with one attached hydrogen (secondary N) is 1. The molecule has 1 aliphatic rings. The summed E-state index contributed by atoms with van der Waals surface area (Å²) in [5, 5.41) is 0. The summed E-state index contributed by atoms with van der Waals surface area (Å²) in [4.78, 5) is 26.5. The van der Waals surface area contributed by atoms with Crippen molar-refractivity contribution in [3.63, 3.8) is 0 Å². The Morgan fingerprint density at radius 2 is 2.08 bits per heavy atom. The van der Waals surface area contributed by atoms with Crippen LogP contribution in [0.25, 0.3) is 0 Å². The van der Waals surface area contributed by atoms with Gasteiger partial charge in [0.2, 0.25) is 5.91 Å². The number of rotatable bonds is 2. The molecule has 0 unspecified atom stereocenters. The molecule has 1 fully saturated rings. The minimum Gasteiger partial charge on any atom is -0.300 e. The van der Waals surface area contributed by atoms with Crippen LogP contribution < -0.4 is 5.48 Å². The zero-order chi connectivity index (χ0) is 8.97. The minimum atomic E-state index is -0.106. The molecule has 0 radical (unpaired) electrons. The molecule has 0 aliphatic heterocycles. The third kappa shape index (κ3) is 2.30. The van der Waals surface area contributed by atoms with Crippen LogP contribution in [0.2, 0.25) is 0 Å². The van der Waals surface area contributed by atoms with E-state index in [-0.39, 0.29) is 17.6 Å². The number of hydrogen-bond donors (Lipinski definition) is 1. The third-order valence-electron chi connectivity index (χ3n) is 2.12. The van der Waals surface area contributed by atoms with Gasteiger partial charge < -0.3 is 0 Å². The molecule has 1 rings (SSSR count). The molecule has 1 aliphatic carbocycles. The Morgan fingerprint density at radius 3 is 2.58 bits per heavy atom.